The highest BCUT2D eigenvalue weighted by Gasteiger charge is 2.45. The highest BCUT2D eigenvalue weighted by molar-refractivity contribution is 5.95. The molecule has 1 atom stereocenters. The first-order chi connectivity index (χ1) is 6.35. The SMILES string of the molecule is C=CC(=O)C(N)(CC)[N+](C)(C)CCC. The summed E-state index contributed by atoms with van der Waals surface area (Å²) in [5, 5.41) is 0. The molecule has 14 heavy (non-hydrogen) atoms. The van der Waals surface area contributed by atoms with Gasteiger partial charge in [0.2, 0.25) is 11.4 Å². The molecule has 0 bridgehead atoms. The number of nitrogens with two attached hydrogens (primary N) is 1. The van der Waals surface area contributed by atoms with Crippen LogP contribution in [0.1, 0.15) is 26.7 Å². The van der Waals surface area contributed by atoms with E-state index >= 15 is 0 Å². The zero-order chi connectivity index (χ0) is 11.4. The van der Waals surface area contributed by atoms with Gasteiger partial charge in [-0.25, -0.2) is 0 Å². The molecule has 0 aliphatic carbocycles. The molecule has 0 aliphatic rings. The van der Waals surface area contributed by atoms with Gasteiger partial charge in [-0.1, -0.05) is 20.4 Å². The van der Waals surface area contributed by atoms with Crippen LogP contribution in [0.15, 0.2) is 12.7 Å². The summed E-state index contributed by atoms with van der Waals surface area (Å²) in [6.45, 7) is 8.43. The average Bonchev–Trinajstić information content (AvgIpc) is 2.14. The van der Waals surface area contributed by atoms with Crippen LogP contribution in [0.5, 0.6) is 0 Å². The van der Waals surface area contributed by atoms with Crippen LogP contribution < -0.4 is 5.73 Å². The van der Waals surface area contributed by atoms with Crippen LogP contribution in [-0.2, 0) is 4.79 Å². The fraction of sp³-hybridized carbons (Fsp3) is 0.727. The molecule has 0 saturated carbocycles. The molecule has 82 valence electrons. The molecule has 0 spiro atoms. The van der Waals surface area contributed by atoms with Gasteiger partial charge in [-0.05, 0) is 12.5 Å². The van der Waals surface area contributed by atoms with E-state index in [1.807, 2.05) is 21.0 Å². The van der Waals surface area contributed by atoms with Crippen molar-refractivity contribution < 1.29 is 9.28 Å². The lowest BCUT2D eigenvalue weighted by molar-refractivity contribution is -0.931. The minimum atomic E-state index is -0.822. The summed E-state index contributed by atoms with van der Waals surface area (Å²) in [5.74, 6) is -0.0709. The largest absolute Gasteiger partial charge is 0.305 e. The van der Waals surface area contributed by atoms with Gasteiger partial charge in [-0.2, -0.15) is 0 Å². The van der Waals surface area contributed by atoms with Crippen LogP contribution in [0.25, 0.3) is 0 Å². The van der Waals surface area contributed by atoms with Crippen molar-refractivity contribution in [3.8, 4) is 0 Å². The zero-order valence-corrected chi connectivity index (χ0v) is 9.84. The molecular formula is C11H23N2O+. The zero-order valence-electron chi connectivity index (χ0n) is 9.84. The standard InChI is InChI=1S/C11H23N2O/c1-6-9-13(4,5)11(12,8-3)10(14)7-2/h7H,2,6,8-9,12H2,1,3-5H3/q+1. The minimum Gasteiger partial charge on any atom is -0.305 e. The lowest BCUT2D eigenvalue weighted by Gasteiger charge is -2.44. The molecule has 2 N–H and O–H groups in total. The fourth-order valence-electron chi connectivity index (χ4n) is 1.84. The average molecular weight is 199 g/mol. The molecule has 0 heterocycles. The number of likely N-dealkylation sites (N-methyl/N-ethyl adjacent to an activating group) is 1. The molecular weight excluding hydrogens is 176 g/mol. The Morgan fingerprint density at radius 2 is 2.00 bits per heavy atom. The van der Waals surface area contributed by atoms with Crippen molar-refractivity contribution in [1.82, 2.24) is 0 Å². The topological polar surface area (TPSA) is 43.1 Å². The molecule has 0 amide bonds. The first-order valence-electron chi connectivity index (χ1n) is 5.14. The van der Waals surface area contributed by atoms with Crippen LogP contribution in [0.2, 0.25) is 0 Å². The van der Waals surface area contributed by atoms with Gasteiger partial charge in [0.05, 0.1) is 20.6 Å². The highest BCUT2D eigenvalue weighted by atomic mass is 16.1. The van der Waals surface area contributed by atoms with E-state index in [0.717, 1.165) is 13.0 Å². The maximum absolute atomic E-state index is 11.7. The predicted octanol–water partition coefficient (Wildman–Crippen LogP) is 1.29. The van der Waals surface area contributed by atoms with E-state index in [1.54, 1.807) is 0 Å². The summed E-state index contributed by atoms with van der Waals surface area (Å²) >= 11 is 0. The molecule has 3 heteroatoms. The monoisotopic (exact) mass is 199 g/mol. The van der Waals surface area contributed by atoms with E-state index in [4.69, 9.17) is 5.73 Å². The van der Waals surface area contributed by atoms with E-state index < -0.39 is 5.66 Å². The first-order valence-corrected chi connectivity index (χ1v) is 5.14. The van der Waals surface area contributed by atoms with Crippen molar-refractivity contribution in [1.29, 1.82) is 0 Å². The summed E-state index contributed by atoms with van der Waals surface area (Å²) in [6.07, 6.45) is 2.97. The van der Waals surface area contributed by atoms with Crippen molar-refractivity contribution in [3.63, 3.8) is 0 Å². The minimum absolute atomic E-state index is 0.0709. The van der Waals surface area contributed by atoms with Gasteiger partial charge in [0, 0.05) is 6.42 Å². The Morgan fingerprint density at radius 3 is 2.29 bits per heavy atom. The Labute approximate surface area is 87.2 Å². The predicted molar refractivity (Wildman–Crippen MR) is 59.7 cm³/mol. The number of carbonyl (C=O) groups is 1. The summed E-state index contributed by atoms with van der Waals surface area (Å²) < 4.78 is 0.519. The molecule has 0 aliphatic heterocycles. The normalized spacial score (nSPS) is 16.1. The highest BCUT2D eigenvalue weighted by Crippen LogP contribution is 2.21. The number of hydrogen-bond donors (Lipinski definition) is 1. The quantitative estimate of drug-likeness (QED) is 0.398. The third-order valence-corrected chi connectivity index (χ3v) is 3.01. The smallest absolute Gasteiger partial charge is 0.230 e. The van der Waals surface area contributed by atoms with Crippen LogP contribution in [-0.4, -0.2) is 36.6 Å². The van der Waals surface area contributed by atoms with E-state index in [1.165, 1.54) is 6.08 Å². The molecule has 0 aromatic rings. The Balaban J connectivity index is 5.01. The van der Waals surface area contributed by atoms with Gasteiger partial charge in [0.15, 0.2) is 0 Å². The van der Waals surface area contributed by atoms with Gasteiger partial charge >= 0.3 is 0 Å². The Morgan fingerprint density at radius 1 is 1.50 bits per heavy atom. The molecule has 0 rings (SSSR count). The van der Waals surface area contributed by atoms with Crippen molar-refractivity contribution in [2.75, 3.05) is 20.6 Å². The van der Waals surface area contributed by atoms with Crippen LogP contribution in [0.3, 0.4) is 0 Å². The molecule has 0 fully saturated rings. The summed E-state index contributed by atoms with van der Waals surface area (Å²) in [5.41, 5.74) is 5.34. The molecule has 0 radical (unpaired) electrons. The van der Waals surface area contributed by atoms with Crippen molar-refractivity contribution in [3.05, 3.63) is 12.7 Å². The third kappa shape index (κ3) is 2.22. The second-order valence-corrected chi connectivity index (χ2v) is 4.25. The lowest BCUT2D eigenvalue weighted by atomic mass is 9.97. The van der Waals surface area contributed by atoms with E-state index in [9.17, 15) is 4.79 Å². The Bertz CT molecular complexity index is 223. The number of ketones is 1. The number of quaternary nitrogens is 1. The molecule has 3 nitrogen and oxygen atoms in total. The molecule has 1 unspecified atom stereocenters. The summed E-state index contributed by atoms with van der Waals surface area (Å²) in [6, 6.07) is 0. The van der Waals surface area contributed by atoms with Crippen LogP contribution >= 0.6 is 0 Å². The maximum atomic E-state index is 11.7. The van der Waals surface area contributed by atoms with Crippen molar-refractivity contribution in [2.45, 2.75) is 32.4 Å². The number of carbonyl (C=O) groups excluding carboxylic acids is 1. The van der Waals surface area contributed by atoms with E-state index in [-0.39, 0.29) is 5.78 Å². The number of rotatable bonds is 6. The lowest BCUT2D eigenvalue weighted by Crippen LogP contribution is -2.69. The van der Waals surface area contributed by atoms with E-state index in [0.29, 0.717) is 10.9 Å². The second-order valence-electron chi connectivity index (χ2n) is 4.25. The van der Waals surface area contributed by atoms with Gasteiger partial charge in [0.1, 0.15) is 0 Å². The Kier molecular flexibility index (Phi) is 4.49. The van der Waals surface area contributed by atoms with Gasteiger partial charge in [-0.15, -0.1) is 0 Å². The fourth-order valence-corrected chi connectivity index (χ4v) is 1.84. The molecule has 0 aromatic heterocycles. The van der Waals surface area contributed by atoms with Gasteiger partial charge in [-0.3, -0.25) is 10.5 Å². The maximum Gasteiger partial charge on any atom is 0.230 e. The number of nitrogens with zero attached hydrogens (tertiary/aromatic N) is 1. The van der Waals surface area contributed by atoms with Crippen molar-refractivity contribution in [2.24, 2.45) is 5.73 Å². The Hall–Kier alpha value is -0.670. The molecule has 0 aromatic carbocycles. The van der Waals surface area contributed by atoms with Gasteiger partial charge in [0.25, 0.3) is 0 Å². The third-order valence-electron chi connectivity index (χ3n) is 3.01. The number of hydrogen-bond acceptors (Lipinski definition) is 2. The van der Waals surface area contributed by atoms with Crippen molar-refractivity contribution >= 4 is 5.78 Å². The first kappa shape index (κ1) is 13.3. The van der Waals surface area contributed by atoms with Crippen LogP contribution in [0.4, 0.5) is 0 Å². The second kappa shape index (κ2) is 4.71. The van der Waals surface area contributed by atoms with E-state index in [2.05, 4.69) is 13.5 Å². The van der Waals surface area contributed by atoms with Gasteiger partial charge < -0.3 is 4.48 Å². The summed E-state index contributed by atoms with van der Waals surface area (Å²) in [7, 11) is 3.99. The van der Waals surface area contributed by atoms with Crippen LogP contribution in [0, 0.1) is 0 Å². The summed E-state index contributed by atoms with van der Waals surface area (Å²) in [4.78, 5) is 11.7. The molecule has 0 saturated heterocycles.